The van der Waals surface area contributed by atoms with Crippen LogP contribution in [0.5, 0.6) is 0 Å². The summed E-state index contributed by atoms with van der Waals surface area (Å²) >= 11 is 0. The topological polar surface area (TPSA) is 186 Å². The third kappa shape index (κ3) is 16.8. The molecule has 0 aliphatic carbocycles. The number of carbonyl (C=O) groups is 5. The minimum Gasteiger partial charge on any atom is -0.481 e. The van der Waals surface area contributed by atoms with Crippen LogP contribution >= 0.6 is 0 Å². The second-order valence-electron chi connectivity index (χ2n) is 3.22. The second kappa shape index (κ2) is 10.7. The maximum absolute atomic E-state index is 10.2. The van der Waals surface area contributed by atoms with Crippen molar-refractivity contribution in [3.05, 3.63) is 23.8 Å². The Labute approximate surface area is 117 Å². The summed E-state index contributed by atoms with van der Waals surface area (Å²) in [7, 11) is 0. The van der Waals surface area contributed by atoms with Crippen LogP contribution in [0.2, 0.25) is 0 Å². The van der Waals surface area contributed by atoms with Gasteiger partial charge in [-0.1, -0.05) is 6.08 Å². The smallest absolute Gasteiger partial charge is 0.332 e. The molecule has 0 spiro atoms. The Morgan fingerprint density at radius 1 is 0.762 bits per heavy atom. The third-order valence-corrected chi connectivity index (χ3v) is 1.47. The molecule has 0 atom stereocenters. The molecule has 0 saturated carbocycles. The van der Waals surface area contributed by atoms with E-state index in [1.165, 1.54) is 0 Å². The minimum absolute atomic E-state index is 0.244. The van der Waals surface area contributed by atoms with Crippen LogP contribution in [0.4, 0.5) is 0 Å². The predicted octanol–water partition coefficient (Wildman–Crippen LogP) is -0.341. The second-order valence-corrected chi connectivity index (χ2v) is 3.22. The summed E-state index contributed by atoms with van der Waals surface area (Å²) in [5, 5.41) is 40.5. The molecule has 0 radical (unpaired) electrons. The van der Waals surface area contributed by atoms with Crippen molar-refractivity contribution in [2.75, 3.05) is 0 Å². The largest absolute Gasteiger partial charge is 0.481 e. The summed E-state index contributed by atoms with van der Waals surface area (Å²) in [5.74, 6) is -6.57. The highest BCUT2D eigenvalue weighted by Gasteiger charge is 2.12. The number of hydrogen-bond donors (Lipinski definition) is 5. The van der Waals surface area contributed by atoms with Crippen molar-refractivity contribution < 1.29 is 49.5 Å². The lowest BCUT2D eigenvalue weighted by Crippen LogP contribution is -2.08. The molecular weight excluding hydrogens is 292 g/mol. The van der Waals surface area contributed by atoms with Gasteiger partial charge >= 0.3 is 29.8 Å². The van der Waals surface area contributed by atoms with E-state index in [2.05, 4.69) is 0 Å². The van der Waals surface area contributed by atoms with Gasteiger partial charge in [-0.15, -0.1) is 0 Å². The Hall–Kier alpha value is -3.17. The van der Waals surface area contributed by atoms with Gasteiger partial charge in [-0.25, -0.2) is 14.4 Å². The summed E-state index contributed by atoms with van der Waals surface area (Å²) in [5.41, 5.74) is -0.657. The molecule has 0 fully saturated rings. The van der Waals surface area contributed by atoms with Gasteiger partial charge in [0.25, 0.3) is 0 Å². The zero-order valence-electron chi connectivity index (χ0n) is 10.4. The lowest BCUT2D eigenvalue weighted by molar-refractivity contribution is -0.140. The Morgan fingerprint density at radius 3 is 1.57 bits per heavy atom. The van der Waals surface area contributed by atoms with Crippen molar-refractivity contribution in [2.45, 2.75) is 12.8 Å². The molecule has 0 aromatic rings. The molecule has 0 amide bonds. The molecular formula is C11H12O10. The van der Waals surface area contributed by atoms with Crippen LogP contribution in [0.1, 0.15) is 12.8 Å². The number of rotatable bonds is 7. The van der Waals surface area contributed by atoms with Gasteiger partial charge in [-0.2, -0.15) is 0 Å². The monoisotopic (exact) mass is 304 g/mol. The van der Waals surface area contributed by atoms with E-state index in [1.54, 1.807) is 0 Å². The van der Waals surface area contributed by atoms with Gasteiger partial charge in [0.15, 0.2) is 0 Å². The van der Waals surface area contributed by atoms with E-state index in [9.17, 15) is 24.0 Å². The summed E-state index contributed by atoms with van der Waals surface area (Å²) in [6, 6.07) is 0. The van der Waals surface area contributed by atoms with Crippen LogP contribution in [0.25, 0.3) is 0 Å². The molecule has 0 aliphatic heterocycles. The zero-order chi connectivity index (χ0) is 17.0. The summed E-state index contributed by atoms with van der Waals surface area (Å²) in [4.78, 5) is 49.6. The van der Waals surface area contributed by atoms with Crippen LogP contribution in [-0.2, 0) is 24.0 Å². The van der Waals surface area contributed by atoms with E-state index in [-0.39, 0.29) is 6.42 Å². The highest BCUT2D eigenvalue weighted by atomic mass is 16.4. The van der Waals surface area contributed by atoms with E-state index in [1.807, 2.05) is 0 Å². The fourth-order valence-corrected chi connectivity index (χ4v) is 0.761. The Kier molecular flexibility index (Phi) is 10.3. The lowest BCUT2D eigenvalue weighted by Gasteiger charge is -1.94. The Bertz CT molecular complexity index is 485. The molecule has 5 N–H and O–H groups in total. The molecule has 0 heterocycles. The molecule has 0 saturated heterocycles. The van der Waals surface area contributed by atoms with Crippen molar-refractivity contribution >= 4 is 29.8 Å². The molecule has 0 aromatic carbocycles. The molecule has 0 aliphatic rings. The zero-order valence-corrected chi connectivity index (χ0v) is 10.4. The maximum atomic E-state index is 10.2. The highest BCUT2D eigenvalue weighted by molar-refractivity contribution is 5.98. The molecule has 10 heteroatoms. The summed E-state index contributed by atoms with van der Waals surface area (Å²) in [6.07, 6.45) is 1.18. The van der Waals surface area contributed by atoms with Crippen molar-refractivity contribution in [1.82, 2.24) is 0 Å². The molecule has 0 bridgehead atoms. The molecule has 0 aromatic heterocycles. The fraction of sp³-hybridized carbons (Fsp3) is 0.182. The molecule has 0 unspecified atom stereocenters. The number of carboxylic acids is 5. The van der Waals surface area contributed by atoms with Gasteiger partial charge in [0, 0.05) is 12.2 Å². The van der Waals surface area contributed by atoms with E-state index in [0.29, 0.717) is 6.08 Å². The molecule has 0 rings (SSSR count). The van der Waals surface area contributed by atoms with Gasteiger partial charge in [0.05, 0.1) is 18.4 Å². The molecule has 10 nitrogen and oxygen atoms in total. The van der Waals surface area contributed by atoms with Crippen LogP contribution in [0.15, 0.2) is 23.8 Å². The minimum atomic E-state index is -1.54. The van der Waals surface area contributed by atoms with Crippen LogP contribution in [0.3, 0.4) is 0 Å². The van der Waals surface area contributed by atoms with Gasteiger partial charge < -0.3 is 25.5 Å². The van der Waals surface area contributed by atoms with Gasteiger partial charge in [-0.3, -0.25) is 9.59 Å². The lowest BCUT2D eigenvalue weighted by atomic mass is 10.2. The van der Waals surface area contributed by atoms with Crippen molar-refractivity contribution in [1.29, 1.82) is 0 Å². The average molecular weight is 304 g/mol. The first kappa shape index (κ1) is 20.2. The Balaban J connectivity index is 0. The van der Waals surface area contributed by atoms with E-state index in [4.69, 9.17) is 25.5 Å². The van der Waals surface area contributed by atoms with Crippen molar-refractivity contribution in [2.24, 2.45) is 0 Å². The summed E-state index contributed by atoms with van der Waals surface area (Å²) in [6.45, 7) is 0. The SMILES string of the molecule is O=C(O)C=C(CC(=O)O)C(=O)O.O=C(O)C=CCC(=O)O. The standard InChI is InChI=1S/C6H6O6.C5H6O4/c7-4(8)1-3(6(11)12)2-5(9)10;6-4(7)2-1-3-5(8)9/h1H,2H2,(H,7,8)(H,9,10)(H,11,12);1-2H,3H2,(H,6,7)(H,8,9). The highest BCUT2D eigenvalue weighted by Crippen LogP contribution is 2.00. The maximum Gasteiger partial charge on any atom is 0.332 e. The fourth-order valence-electron chi connectivity index (χ4n) is 0.761. The predicted molar refractivity (Wildman–Crippen MR) is 64.6 cm³/mol. The number of hydrogen-bond acceptors (Lipinski definition) is 5. The van der Waals surface area contributed by atoms with Gasteiger partial charge in [0.2, 0.25) is 0 Å². The van der Waals surface area contributed by atoms with Crippen molar-refractivity contribution in [3.63, 3.8) is 0 Å². The van der Waals surface area contributed by atoms with E-state index in [0.717, 1.165) is 12.2 Å². The normalized spacial score (nSPS) is 10.4. The number of carboxylic acid groups (broad SMARTS) is 5. The van der Waals surface area contributed by atoms with E-state index < -0.39 is 41.8 Å². The number of aliphatic carboxylic acids is 5. The van der Waals surface area contributed by atoms with Crippen LogP contribution in [-0.4, -0.2) is 55.4 Å². The first-order valence-electron chi connectivity index (χ1n) is 5.06. The molecule has 116 valence electrons. The van der Waals surface area contributed by atoms with E-state index >= 15 is 0 Å². The Morgan fingerprint density at radius 2 is 1.29 bits per heavy atom. The van der Waals surface area contributed by atoms with Crippen LogP contribution in [0, 0.1) is 0 Å². The first-order chi connectivity index (χ1) is 9.56. The van der Waals surface area contributed by atoms with Crippen molar-refractivity contribution in [3.8, 4) is 0 Å². The molecule has 21 heavy (non-hydrogen) atoms. The third-order valence-electron chi connectivity index (χ3n) is 1.47. The van der Waals surface area contributed by atoms with Gasteiger partial charge in [-0.05, 0) is 0 Å². The van der Waals surface area contributed by atoms with Gasteiger partial charge in [0.1, 0.15) is 0 Å². The quantitative estimate of drug-likeness (QED) is 0.389. The first-order valence-corrected chi connectivity index (χ1v) is 5.06. The summed E-state index contributed by atoms with van der Waals surface area (Å²) < 4.78 is 0. The average Bonchev–Trinajstić information content (AvgIpc) is 2.26. The van der Waals surface area contributed by atoms with Crippen LogP contribution < -0.4 is 0 Å².